The van der Waals surface area contributed by atoms with Crippen molar-refractivity contribution in [3.8, 4) is 0 Å². The topological polar surface area (TPSA) is 60.9 Å². The highest BCUT2D eigenvalue weighted by atomic mass is 32.2. The minimum absolute atomic E-state index is 0.0134. The number of fused-ring (bicyclic) bond motifs is 1. The summed E-state index contributed by atoms with van der Waals surface area (Å²) in [5.41, 5.74) is 0. The molecule has 1 amide bonds. The van der Waals surface area contributed by atoms with E-state index < -0.39 is 9.84 Å². The van der Waals surface area contributed by atoms with Gasteiger partial charge < -0.3 is 9.80 Å². The Morgan fingerprint density at radius 2 is 1.86 bits per heavy atom. The lowest BCUT2D eigenvalue weighted by atomic mass is 10.0. The van der Waals surface area contributed by atoms with Crippen LogP contribution in [0.3, 0.4) is 0 Å². The van der Waals surface area contributed by atoms with Crippen molar-refractivity contribution in [3.63, 3.8) is 0 Å². The molecule has 22 heavy (non-hydrogen) atoms. The molecule has 2 aliphatic rings. The molecule has 6 nitrogen and oxygen atoms in total. The summed E-state index contributed by atoms with van der Waals surface area (Å²) in [6, 6.07) is -0.388. The molecule has 0 aromatic rings. The molecule has 2 fully saturated rings. The Morgan fingerprint density at radius 3 is 2.50 bits per heavy atom. The van der Waals surface area contributed by atoms with E-state index in [1.54, 1.807) is 9.80 Å². The van der Waals surface area contributed by atoms with Gasteiger partial charge in [-0.3, -0.25) is 14.1 Å². The molecule has 0 aliphatic carbocycles. The van der Waals surface area contributed by atoms with Crippen LogP contribution in [-0.2, 0) is 14.6 Å². The zero-order valence-electron chi connectivity index (χ0n) is 13.4. The van der Waals surface area contributed by atoms with Gasteiger partial charge in [-0.1, -0.05) is 0 Å². The molecule has 2 atom stereocenters. The quantitative estimate of drug-likeness (QED) is 0.619. The fourth-order valence-corrected chi connectivity index (χ4v) is 5.39. The molecule has 0 saturated carbocycles. The van der Waals surface area contributed by atoms with E-state index in [1.807, 2.05) is 14.1 Å². The molecule has 0 aromatic heterocycles. The van der Waals surface area contributed by atoms with Gasteiger partial charge in [0.05, 0.1) is 30.8 Å². The number of hydrogen-bond acceptors (Lipinski definition) is 5. The van der Waals surface area contributed by atoms with Crippen molar-refractivity contribution in [3.05, 3.63) is 0 Å². The number of carbonyl (C=O) groups is 1. The predicted octanol–water partition coefficient (Wildman–Crippen LogP) is -0.392. The van der Waals surface area contributed by atoms with Gasteiger partial charge in [-0.05, 0) is 33.5 Å². The Bertz CT molecular complexity index is 498. The second-order valence-corrected chi connectivity index (χ2v) is 8.62. The van der Waals surface area contributed by atoms with E-state index in [2.05, 4.69) is 4.90 Å². The average molecular weight is 335 g/mol. The van der Waals surface area contributed by atoms with Gasteiger partial charge >= 0.3 is 0 Å². The molecule has 0 radical (unpaired) electrons. The van der Waals surface area contributed by atoms with Crippen LogP contribution in [0.25, 0.3) is 0 Å². The number of alkyl halides is 1. The van der Waals surface area contributed by atoms with Crippen LogP contribution in [0.2, 0.25) is 0 Å². The van der Waals surface area contributed by atoms with Crippen molar-refractivity contribution in [2.24, 2.45) is 0 Å². The molecule has 0 aromatic carbocycles. The summed E-state index contributed by atoms with van der Waals surface area (Å²) in [5.74, 6) is 0.149. The van der Waals surface area contributed by atoms with E-state index in [1.165, 1.54) is 0 Å². The molecule has 2 aliphatic heterocycles. The minimum Gasteiger partial charge on any atom is -0.335 e. The fraction of sp³-hybridized carbons (Fsp3) is 0.929. The zero-order valence-corrected chi connectivity index (χ0v) is 14.2. The van der Waals surface area contributed by atoms with E-state index in [9.17, 15) is 17.6 Å². The third kappa shape index (κ3) is 4.17. The SMILES string of the molecule is CN(C)CC(=O)N1CCN(CCCCF)[C@H]2CS(=O)(=O)C[C@H]21. The number of sulfone groups is 1. The Hall–Kier alpha value is -0.730. The maximum atomic E-state index is 12.4. The second kappa shape index (κ2) is 7.23. The van der Waals surface area contributed by atoms with Crippen LogP contribution in [0.15, 0.2) is 0 Å². The first-order chi connectivity index (χ1) is 10.3. The Balaban J connectivity index is 2.08. The molecular weight excluding hydrogens is 309 g/mol. The number of nitrogens with zero attached hydrogens (tertiary/aromatic N) is 3. The van der Waals surface area contributed by atoms with Crippen LogP contribution in [0.4, 0.5) is 4.39 Å². The monoisotopic (exact) mass is 335 g/mol. The summed E-state index contributed by atoms with van der Waals surface area (Å²) < 4.78 is 36.3. The van der Waals surface area contributed by atoms with Crippen LogP contribution < -0.4 is 0 Å². The number of rotatable bonds is 6. The van der Waals surface area contributed by atoms with Gasteiger partial charge in [0, 0.05) is 19.1 Å². The number of likely N-dealkylation sites (N-methyl/N-ethyl adjacent to an activating group) is 1. The smallest absolute Gasteiger partial charge is 0.237 e. The van der Waals surface area contributed by atoms with Crippen LogP contribution in [0, 0.1) is 0 Å². The third-order valence-electron chi connectivity index (χ3n) is 4.39. The van der Waals surface area contributed by atoms with Gasteiger partial charge in [0.25, 0.3) is 0 Å². The Morgan fingerprint density at radius 1 is 1.18 bits per heavy atom. The maximum Gasteiger partial charge on any atom is 0.237 e. The second-order valence-electron chi connectivity index (χ2n) is 6.47. The normalized spacial score (nSPS) is 28.1. The van der Waals surface area contributed by atoms with Crippen molar-refractivity contribution in [1.29, 1.82) is 0 Å². The van der Waals surface area contributed by atoms with Gasteiger partial charge in [0.15, 0.2) is 9.84 Å². The van der Waals surface area contributed by atoms with Crippen LogP contribution in [0.1, 0.15) is 12.8 Å². The lowest BCUT2D eigenvalue weighted by molar-refractivity contribution is -0.137. The van der Waals surface area contributed by atoms with Gasteiger partial charge in [-0.15, -0.1) is 0 Å². The number of amides is 1. The largest absolute Gasteiger partial charge is 0.335 e. The number of hydrogen-bond donors (Lipinski definition) is 0. The maximum absolute atomic E-state index is 12.4. The van der Waals surface area contributed by atoms with Crippen molar-refractivity contribution in [2.75, 3.05) is 58.5 Å². The summed E-state index contributed by atoms with van der Waals surface area (Å²) in [4.78, 5) is 18.0. The number of carbonyl (C=O) groups excluding carboxylic acids is 1. The molecule has 0 unspecified atom stereocenters. The van der Waals surface area contributed by atoms with Gasteiger partial charge in [-0.25, -0.2) is 8.42 Å². The molecule has 2 saturated heterocycles. The lowest BCUT2D eigenvalue weighted by Gasteiger charge is -2.44. The van der Waals surface area contributed by atoms with E-state index in [4.69, 9.17) is 0 Å². The molecule has 2 rings (SSSR count). The van der Waals surface area contributed by atoms with E-state index in [0.29, 0.717) is 32.6 Å². The standard InChI is InChI=1S/C14H26FN3O3S/c1-16(2)9-14(19)18-8-7-17(6-4-3-5-15)12-10-22(20,21)11-13(12)18/h12-13H,3-11H2,1-2H3/t12-,13+/m0/s1. The van der Waals surface area contributed by atoms with Crippen LogP contribution in [0.5, 0.6) is 0 Å². The van der Waals surface area contributed by atoms with Gasteiger partial charge in [0.1, 0.15) is 0 Å². The molecule has 128 valence electrons. The minimum atomic E-state index is -3.11. The first kappa shape index (κ1) is 17.6. The van der Waals surface area contributed by atoms with Crippen LogP contribution >= 0.6 is 0 Å². The summed E-state index contributed by atoms with van der Waals surface area (Å²) in [6.07, 6.45) is 1.23. The summed E-state index contributed by atoms with van der Waals surface area (Å²) in [7, 11) is 0.544. The molecule has 8 heteroatoms. The van der Waals surface area contributed by atoms with E-state index >= 15 is 0 Å². The first-order valence-corrected chi connectivity index (χ1v) is 9.61. The fourth-order valence-electron chi connectivity index (χ4n) is 3.38. The summed E-state index contributed by atoms with van der Waals surface area (Å²) in [5, 5.41) is 0. The van der Waals surface area contributed by atoms with E-state index in [0.717, 1.165) is 6.42 Å². The number of piperazine rings is 1. The van der Waals surface area contributed by atoms with Crippen molar-refractivity contribution in [2.45, 2.75) is 24.9 Å². The Kier molecular flexibility index (Phi) is 5.79. The Labute approximate surface area is 132 Å². The number of unbranched alkanes of at least 4 members (excludes halogenated alkanes) is 1. The van der Waals surface area contributed by atoms with Crippen molar-refractivity contribution in [1.82, 2.24) is 14.7 Å². The predicted molar refractivity (Wildman–Crippen MR) is 83.3 cm³/mol. The highest BCUT2D eigenvalue weighted by molar-refractivity contribution is 7.91. The zero-order chi connectivity index (χ0) is 16.3. The number of halogens is 1. The van der Waals surface area contributed by atoms with Gasteiger partial charge in [0.2, 0.25) is 5.91 Å². The molecule has 0 N–H and O–H groups in total. The summed E-state index contributed by atoms with van der Waals surface area (Å²) >= 11 is 0. The molecule has 0 spiro atoms. The van der Waals surface area contributed by atoms with Gasteiger partial charge in [-0.2, -0.15) is 0 Å². The van der Waals surface area contributed by atoms with E-state index in [-0.39, 0.29) is 36.2 Å². The lowest BCUT2D eigenvalue weighted by Crippen LogP contribution is -2.61. The highest BCUT2D eigenvalue weighted by Gasteiger charge is 2.47. The molecule has 0 bridgehead atoms. The molecular formula is C14H26FN3O3S. The first-order valence-electron chi connectivity index (χ1n) is 7.78. The van der Waals surface area contributed by atoms with Crippen molar-refractivity contribution < 1.29 is 17.6 Å². The molecule has 2 heterocycles. The highest BCUT2D eigenvalue weighted by Crippen LogP contribution is 2.27. The van der Waals surface area contributed by atoms with Crippen LogP contribution in [-0.4, -0.2) is 99.6 Å². The summed E-state index contributed by atoms with van der Waals surface area (Å²) in [6.45, 7) is 1.89. The van der Waals surface area contributed by atoms with Crippen molar-refractivity contribution >= 4 is 15.7 Å². The average Bonchev–Trinajstić information content (AvgIpc) is 2.73. The third-order valence-corrected chi connectivity index (χ3v) is 6.09.